The number of benzene rings is 1. The molecule has 11 nitrogen and oxygen atoms in total. The van der Waals surface area contributed by atoms with Crippen molar-refractivity contribution in [1.29, 1.82) is 0 Å². The van der Waals surface area contributed by atoms with Gasteiger partial charge in [0.25, 0.3) is 0 Å². The number of halogens is 1. The zero-order valence-corrected chi connectivity index (χ0v) is 30.2. The highest BCUT2D eigenvalue weighted by Crippen LogP contribution is 2.26. The highest BCUT2D eigenvalue weighted by atomic mass is 35.5. The van der Waals surface area contributed by atoms with E-state index in [1.54, 1.807) is 20.1 Å². The molecule has 0 aliphatic heterocycles. The van der Waals surface area contributed by atoms with Gasteiger partial charge in [-0.2, -0.15) is 0 Å². The highest BCUT2D eigenvalue weighted by molar-refractivity contribution is 6.28. The van der Waals surface area contributed by atoms with Crippen molar-refractivity contribution in [2.45, 2.75) is 104 Å². The van der Waals surface area contributed by atoms with Crippen molar-refractivity contribution in [3.8, 4) is 11.5 Å². The van der Waals surface area contributed by atoms with Crippen molar-refractivity contribution in [2.24, 2.45) is 5.73 Å². The van der Waals surface area contributed by atoms with Crippen LogP contribution in [0, 0.1) is 0 Å². The van der Waals surface area contributed by atoms with E-state index >= 15 is 0 Å². The number of hydrogen-bond donors (Lipinski definition) is 7. The lowest BCUT2D eigenvalue weighted by Gasteiger charge is -2.18. The van der Waals surface area contributed by atoms with Crippen LogP contribution in [0.5, 0.6) is 11.5 Å². The van der Waals surface area contributed by atoms with Crippen molar-refractivity contribution in [2.75, 3.05) is 58.2 Å². The Bertz CT molecular complexity index is 1080. The first kappa shape index (κ1) is 42.3. The number of aromatic hydroxyl groups is 1. The number of nitrogens with one attached hydrogen (secondary N) is 5. The van der Waals surface area contributed by atoms with Crippen LogP contribution in [0.25, 0.3) is 0 Å². The third kappa shape index (κ3) is 22.5. The molecule has 1 aromatic carbocycles. The van der Waals surface area contributed by atoms with E-state index in [1.807, 2.05) is 18.2 Å². The van der Waals surface area contributed by atoms with Gasteiger partial charge < -0.3 is 42.2 Å². The molecule has 2 rings (SSSR count). The Morgan fingerprint density at radius 2 is 1.55 bits per heavy atom. The van der Waals surface area contributed by atoms with Crippen LogP contribution >= 0.6 is 11.6 Å². The summed E-state index contributed by atoms with van der Waals surface area (Å²) in [5, 5.41) is 26.4. The molecule has 0 bridgehead atoms. The standard InChI is InChI=1S/C18H34N4O2.C17H29ClN4O/c1-24-18-14-16(6-7-17(18)23)15-22-13-5-12-21-10-3-2-9-20-11-4-8-19;1-4-14(10-8-6-7-9-11-19-13(3)23)20-16-12-15(5-2)21-17(18)22-16/h6-7,14,20-23H,2-5,8-13,15,19H2,1H3;12,14H,4-11H2,1-3H3,(H,19,23)(H,20,21,22). The van der Waals surface area contributed by atoms with Crippen molar-refractivity contribution in [1.82, 2.24) is 31.2 Å². The summed E-state index contributed by atoms with van der Waals surface area (Å²) in [7, 11) is 1.56. The number of nitrogens with zero attached hydrogens (tertiary/aromatic N) is 2. The van der Waals surface area contributed by atoms with Crippen LogP contribution in [-0.2, 0) is 17.8 Å². The maximum absolute atomic E-state index is 10.8. The minimum atomic E-state index is 0.0511. The van der Waals surface area contributed by atoms with E-state index < -0.39 is 0 Å². The number of ether oxygens (including phenoxy) is 1. The van der Waals surface area contributed by atoms with Gasteiger partial charge in [-0.05, 0) is 120 Å². The number of unbranched alkanes of at least 4 members (excludes halogenated alkanes) is 4. The first-order valence-electron chi connectivity index (χ1n) is 17.5. The van der Waals surface area contributed by atoms with Gasteiger partial charge in [-0.15, -0.1) is 0 Å². The number of anilines is 1. The fourth-order valence-electron chi connectivity index (χ4n) is 4.82. The predicted octanol–water partition coefficient (Wildman–Crippen LogP) is 5.16. The number of phenolic OH excluding ortho intramolecular Hbond substituents is 1. The molecule has 1 heterocycles. The van der Waals surface area contributed by atoms with Gasteiger partial charge >= 0.3 is 0 Å². The van der Waals surface area contributed by atoms with E-state index in [2.05, 4.69) is 50.4 Å². The van der Waals surface area contributed by atoms with Crippen LogP contribution in [0.1, 0.15) is 96.2 Å². The number of nitrogens with two attached hydrogens (primary N) is 1. The summed E-state index contributed by atoms with van der Waals surface area (Å²) in [6, 6.07) is 7.82. The van der Waals surface area contributed by atoms with Gasteiger partial charge in [0, 0.05) is 37.8 Å². The second kappa shape index (κ2) is 28.3. The summed E-state index contributed by atoms with van der Waals surface area (Å²) in [5.41, 5.74) is 7.51. The molecule has 1 unspecified atom stereocenters. The molecule has 1 aromatic heterocycles. The van der Waals surface area contributed by atoms with Crippen molar-refractivity contribution < 1.29 is 14.6 Å². The summed E-state index contributed by atoms with van der Waals surface area (Å²) in [6.45, 7) is 13.3. The van der Waals surface area contributed by atoms with Gasteiger partial charge in [0.15, 0.2) is 11.5 Å². The summed E-state index contributed by atoms with van der Waals surface area (Å²) in [6.07, 6.45) is 12.1. The van der Waals surface area contributed by atoms with Crippen LogP contribution in [0.4, 0.5) is 5.82 Å². The molecule has 0 aliphatic rings. The van der Waals surface area contributed by atoms with Gasteiger partial charge in [0.05, 0.1) is 7.11 Å². The molecular weight excluding hydrogens is 616 g/mol. The van der Waals surface area contributed by atoms with E-state index in [-0.39, 0.29) is 11.7 Å². The highest BCUT2D eigenvalue weighted by Gasteiger charge is 2.09. The molecule has 0 fully saturated rings. The number of aromatic nitrogens is 2. The summed E-state index contributed by atoms with van der Waals surface area (Å²) in [5.74, 6) is 1.57. The SMILES string of the molecule is CCc1cc(NC(CC)CCCCCCNC(C)=O)nc(Cl)n1.COc1cc(CNCCCNCCCCNCCCN)ccc1O. The number of methoxy groups -OCH3 is 1. The number of amides is 1. The smallest absolute Gasteiger partial charge is 0.224 e. The molecule has 47 heavy (non-hydrogen) atoms. The van der Waals surface area contributed by atoms with Gasteiger partial charge in [-0.25, -0.2) is 9.97 Å². The Morgan fingerprint density at radius 1 is 0.894 bits per heavy atom. The topological polar surface area (TPSA) is 158 Å². The molecular formula is C35H63ClN8O3. The van der Waals surface area contributed by atoms with Crippen LogP contribution in [0.3, 0.4) is 0 Å². The van der Waals surface area contributed by atoms with Crippen molar-refractivity contribution in [3.05, 3.63) is 40.8 Å². The monoisotopic (exact) mass is 678 g/mol. The normalized spacial score (nSPS) is 11.4. The lowest BCUT2D eigenvalue weighted by molar-refractivity contribution is -0.118. The molecule has 0 saturated heterocycles. The van der Waals surface area contributed by atoms with E-state index in [9.17, 15) is 9.90 Å². The average molecular weight is 679 g/mol. The molecule has 0 radical (unpaired) electrons. The number of hydrogen-bond acceptors (Lipinski definition) is 10. The minimum Gasteiger partial charge on any atom is -0.504 e. The summed E-state index contributed by atoms with van der Waals surface area (Å²) < 4.78 is 5.11. The molecule has 0 aliphatic carbocycles. The Morgan fingerprint density at radius 3 is 2.21 bits per heavy atom. The maximum Gasteiger partial charge on any atom is 0.224 e. The number of carbonyl (C=O) groups is 1. The van der Waals surface area contributed by atoms with Crippen LogP contribution in [0.2, 0.25) is 5.28 Å². The van der Waals surface area contributed by atoms with E-state index in [1.165, 1.54) is 25.7 Å². The Kier molecular flexibility index (Phi) is 25.5. The Labute approximate surface area is 289 Å². The van der Waals surface area contributed by atoms with Gasteiger partial charge in [0.2, 0.25) is 11.2 Å². The molecule has 1 amide bonds. The molecule has 0 saturated carbocycles. The first-order chi connectivity index (χ1) is 22.8. The summed E-state index contributed by atoms with van der Waals surface area (Å²) in [4.78, 5) is 19.2. The second-order valence-corrected chi connectivity index (χ2v) is 12.0. The maximum atomic E-state index is 10.8. The number of rotatable bonds is 26. The fraction of sp³-hybridized carbons (Fsp3) is 0.686. The first-order valence-corrected chi connectivity index (χ1v) is 17.9. The van der Waals surface area contributed by atoms with Gasteiger partial charge in [-0.3, -0.25) is 4.79 Å². The molecule has 268 valence electrons. The van der Waals surface area contributed by atoms with Crippen LogP contribution in [0.15, 0.2) is 24.3 Å². The fourth-order valence-corrected chi connectivity index (χ4v) is 5.02. The summed E-state index contributed by atoms with van der Waals surface area (Å²) >= 11 is 5.96. The number of aryl methyl sites for hydroxylation is 1. The minimum absolute atomic E-state index is 0.0511. The third-order valence-corrected chi connectivity index (χ3v) is 7.78. The van der Waals surface area contributed by atoms with Gasteiger partial charge in [0.1, 0.15) is 5.82 Å². The van der Waals surface area contributed by atoms with E-state index in [0.29, 0.717) is 17.1 Å². The molecule has 2 aromatic rings. The zero-order valence-electron chi connectivity index (χ0n) is 29.4. The van der Waals surface area contributed by atoms with Crippen LogP contribution < -0.4 is 37.1 Å². The predicted molar refractivity (Wildman–Crippen MR) is 196 cm³/mol. The van der Waals surface area contributed by atoms with Crippen molar-refractivity contribution >= 4 is 23.3 Å². The van der Waals surface area contributed by atoms with Crippen LogP contribution in [-0.4, -0.2) is 79.9 Å². The van der Waals surface area contributed by atoms with Gasteiger partial charge in [-0.1, -0.05) is 39.2 Å². The number of phenols is 1. The average Bonchev–Trinajstić information content (AvgIpc) is 3.06. The molecule has 8 N–H and O–H groups in total. The second-order valence-electron chi connectivity index (χ2n) is 11.7. The molecule has 1 atom stereocenters. The zero-order chi connectivity index (χ0) is 34.5. The third-order valence-electron chi connectivity index (χ3n) is 7.61. The lowest BCUT2D eigenvalue weighted by atomic mass is 10.0. The van der Waals surface area contributed by atoms with Crippen molar-refractivity contribution in [3.63, 3.8) is 0 Å². The molecule has 12 heteroatoms. The van der Waals surface area contributed by atoms with E-state index in [4.69, 9.17) is 22.1 Å². The molecule has 0 spiro atoms. The number of carbonyl (C=O) groups excluding carboxylic acids is 1. The quantitative estimate of drug-likeness (QED) is 0.0524. The lowest BCUT2D eigenvalue weighted by Crippen LogP contribution is -2.24. The Hall–Kier alpha value is -2.70. The largest absolute Gasteiger partial charge is 0.504 e. The Balaban J connectivity index is 0.000000470. The van der Waals surface area contributed by atoms with E-state index in [0.717, 1.165) is 114 Å².